The Morgan fingerprint density at radius 3 is 2.33 bits per heavy atom. The van der Waals surface area contributed by atoms with Crippen LogP contribution in [0.4, 0.5) is 0 Å². The van der Waals surface area contributed by atoms with Gasteiger partial charge in [-0.1, -0.05) is 48.5 Å². The van der Waals surface area contributed by atoms with Crippen molar-refractivity contribution in [3.05, 3.63) is 94.5 Å². The lowest BCUT2D eigenvalue weighted by Gasteiger charge is -2.46. The van der Waals surface area contributed by atoms with Crippen molar-refractivity contribution in [3.63, 3.8) is 0 Å². The molecule has 0 spiro atoms. The van der Waals surface area contributed by atoms with Crippen LogP contribution in [0.5, 0.6) is 11.5 Å². The van der Waals surface area contributed by atoms with Gasteiger partial charge in [0.25, 0.3) is 5.91 Å². The zero-order chi connectivity index (χ0) is 25.2. The number of carbonyl (C=O) groups excluding carboxylic acids is 2. The van der Waals surface area contributed by atoms with Gasteiger partial charge < -0.3 is 19.3 Å². The van der Waals surface area contributed by atoms with Gasteiger partial charge in [-0.3, -0.25) is 9.59 Å². The third-order valence-corrected chi connectivity index (χ3v) is 7.09. The van der Waals surface area contributed by atoms with Crippen LogP contribution < -0.4 is 9.47 Å². The highest BCUT2D eigenvalue weighted by Gasteiger charge is 2.47. The van der Waals surface area contributed by atoms with Gasteiger partial charge in [-0.2, -0.15) is 0 Å². The Morgan fingerprint density at radius 2 is 1.61 bits per heavy atom. The first-order chi connectivity index (χ1) is 17.5. The lowest BCUT2D eigenvalue weighted by atomic mass is 9.75. The van der Waals surface area contributed by atoms with Crippen LogP contribution >= 0.6 is 0 Å². The summed E-state index contributed by atoms with van der Waals surface area (Å²) in [5, 5.41) is 0. The molecule has 2 heterocycles. The summed E-state index contributed by atoms with van der Waals surface area (Å²) < 4.78 is 11.8. The van der Waals surface area contributed by atoms with Crippen molar-refractivity contribution in [2.24, 2.45) is 0 Å². The number of amides is 2. The molecule has 186 valence electrons. The minimum Gasteiger partial charge on any atom is -0.490 e. The summed E-state index contributed by atoms with van der Waals surface area (Å²) in [7, 11) is 1.84. The van der Waals surface area contributed by atoms with Gasteiger partial charge in [0.2, 0.25) is 5.91 Å². The van der Waals surface area contributed by atoms with E-state index in [1.54, 1.807) is 4.90 Å². The number of hydrogen-bond acceptors (Lipinski definition) is 4. The Hall–Kier alpha value is -3.80. The number of ether oxygens (including phenoxy) is 2. The van der Waals surface area contributed by atoms with Crippen molar-refractivity contribution in [3.8, 4) is 11.5 Å². The highest BCUT2D eigenvalue weighted by Crippen LogP contribution is 2.49. The molecule has 0 saturated carbocycles. The van der Waals surface area contributed by atoms with Crippen molar-refractivity contribution in [1.82, 2.24) is 9.80 Å². The SMILES string of the molecule is CCOc1cc2c(cc1OCC)C1C(C(=O)N(C)Cc3ccccc3)c3ccccc3C(=O)N1CC2. The van der Waals surface area contributed by atoms with E-state index in [0.29, 0.717) is 49.8 Å². The Labute approximate surface area is 212 Å². The zero-order valence-electron chi connectivity index (χ0n) is 21.1. The van der Waals surface area contributed by atoms with Crippen molar-refractivity contribution in [2.45, 2.75) is 38.8 Å². The van der Waals surface area contributed by atoms with E-state index in [4.69, 9.17) is 9.47 Å². The molecule has 2 amide bonds. The molecule has 3 aromatic carbocycles. The molecule has 2 unspecified atom stereocenters. The smallest absolute Gasteiger partial charge is 0.254 e. The number of rotatable bonds is 7. The molecule has 2 aliphatic rings. The first-order valence-corrected chi connectivity index (χ1v) is 12.6. The van der Waals surface area contributed by atoms with Crippen molar-refractivity contribution >= 4 is 11.8 Å². The molecular weight excluding hydrogens is 452 g/mol. The van der Waals surface area contributed by atoms with Crippen LogP contribution in [0.15, 0.2) is 66.7 Å². The second-order valence-corrected chi connectivity index (χ2v) is 9.30. The largest absolute Gasteiger partial charge is 0.490 e. The van der Waals surface area contributed by atoms with Crippen LogP contribution in [0.25, 0.3) is 0 Å². The van der Waals surface area contributed by atoms with E-state index in [2.05, 4.69) is 0 Å². The molecule has 2 atom stereocenters. The van der Waals surface area contributed by atoms with Crippen LogP contribution in [0, 0.1) is 0 Å². The fraction of sp³-hybridized carbons (Fsp3) is 0.333. The van der Waals surface area contributed by atoms with Gasteiger partial charge in [0.05, 0.1) is 25.2 Å². The zero-order valence-corrected chi connectivity index (χ0v) is 21.1. The molecule has 5 rings (SSSR count). The van der Waals surface area contributed by atoms with E-state index in [1.165, 1.54) is 0 Å². The summed E-state index contributed by atoms with van der Waals surface area (Å²) >= 11 is 0. The fourth-order valence-electron chi connectivity index (χ4n) is 5.51. The topological polar surface area (TPSA) is 59.1 Å². The van der Waals surface area contributed by atoms with Gasteiger partial charge in [0.15, 0.2) is 11.5 Å². The Morgan fingerprint density at radius 1 is 0.944 bits per heavy atom. The summed E-state index contributed by atoms with van der Waals surface area (Å²) in [6.07, 6.45) is 0.701. The second-order valence-electron chi connectivity index (χ2n) is 9.30. The molecule has 0 aliphatic carbocycles. The van der Waals surface area contributed by atoms with Gasteiger partial charge in [0, 0.05) is 25.7 Å². The predicted molar refractivity (Wildman–Crippen MR) is 138 cm³/mol. The van der Waals surface area contributed by atoms with E-state index in [1.807, 2.05) is 92.5 Å². The number of hydrogen-bond donors (Lipinski definition) is 0. The average Bonchev–Trinajstić information content (AvgIpc) is 2.90. The van der Waals surface area contributed by atoms with Crippen LogP contribution in [-0.4, -0.2) is 48.4 Å². The number of benzene rings is 3. The highest BCUT2D eigenvalue weighted by molar-refractivity contribution is 6.01. The van der Waals surface area contributed by atoms with Crippen molar-refractivity contribution in [2.75, 3.05) is 26.8 Å². The standard InChI is InChI=1S/C30H32N2O4/c1-4-35-25-17-21-15-16-32-28(24(21)18-26(25)36-5-2)27(22-13-9-10-14-23(22)29(32)33)30(34)31(3)19-20-11-7-6-8-12-20/h6-14,17-18,27-28H,4-5,15-16,19H2,1-3H3. The van der Waals surface area contributed by atoms with Crippen molar-refractivity contribution in [1.29, 1.82) is 0 Å². The summed E-state index contributed by atoms with van der Waals surface area (Å²) in [6.45, 7) is 5.97. The normalized spacial score (nSPS) is 18.1. The predicted octanol–water partition coefficient (Wildman–Crippen LogP) is 4.98. The molecule has 3 aromatic rings. The minimum atomic E-state index is -0.515. The quantitative estimate of drug-likeness (QED) is 0.475. The van der Waals surface area contributed by atoms with Gasteiger partial charge >= 0.3 is 0 Å². The van der Waals surface area contributed by atoms with Gasteiger partial charge in [-0.25, -0.2) is 0 Å². The molecule has 0 saturated heterocycles. The van der Waals surface area contributed by atoms with Gasteiger partial charge in [-0.05, 0) is 60.7 Å². The lowest BCUT2D eigenvalue weighted by Crippen LogP contribution is -2.50. The van der Waals surface area contributed by atoms with E-state index in [0.717, 1.165) is 22.3 Å². The molecule has 36 heavy (non-hydrogen) atoms. The van der Waals surface area contributed by atoms with Gasteiger partial charge in [-0.15, -0.1) is 0 Å². The van der Waals surface area contributed by atoms with Crippen molar-refractivity contribution < 1.29 is 19.1 Å². The summed E-state index contributed by atoms with van der Waals surface area (Å²) in [5.74, 6) is 0.809. The monoisotopic (exact) mass is 484 g/mol. The van der Waals surface area contributed by atoms with Crippen LogP contribution in [-0.2, 0) is 17.8 Å². The molecule has 6 heteroatoms. The maximum absolute atomic E-state index is 14.1. The van der Waals surface area contributed by atoms with Crippen LogP contribution in [0.3, 0.4) is 0 Å². The highest BCUT2D eigenvalue weighted by atomic mass is 16.5. The van der Waals surface area contributed by atoms with E-state index in [9.17, 15) is 9.59 Å². The maximum atomic E-state index is 14.1. The third kappa shape index (κ3) is 4.21. The Bertz CT molecular complexity index is 1270. The first kappa shape index (κ1) is 23.9. The number of likely N-dealkylation sites (N-methyl/N-ethyl adjacent to an activating group) is 1. The van der Waals surface area contributed by atoms with E-state index in [-0.39, 0.29) is 11.8 Å². The molecular formula is C30H32N2O4. The van der Waals surface area contributed by atoms with E-state index >= 15 is 0 Å². The molecule has 6 nitrogen and oxygen atoms in total. The maximum Gasteiger partial charge on any atom is 0.254 e. The molecule has 0 aromatic heterocycles. The molecule has 0 fully saturated rings. The molecule has 0 radical (unpaired) electrons. The number of carbonyl (C=O) groups is 2. The van der Waals surface area contributed by atoms with Crippen LogP contribution in [0.1, 0.15) is 58.4 Å². The number of fused-ring (bicyclic) bond motifs is 4. The molecule has 0 N–H and O–H groups in total. The summed E-state index contributed by atoms with van der Waals surface area (Å²) in [6, 6.07) is 21.1. The van der Waals surface area contributed by atoms with Crippen LogP contribution in [0.2, 0.25) is 0 Å². The summed E-state index contributed by atoms with van der Waals surface area (Å²) in [4.78, 5) is 31.4. The number of nitrogens with zero attached hydrogens (tertiary/aromatic N) is 2. The average molecular weight is 485 g/mol. The second kappa shape index (κ2) is 10.1. The van der Waals surface area contributed by atoms with E-state index < -0.39 is 12.0 Å². The fourth-order valence-corrected chi connectivity index (χ4v) is 5.51. The molecule has 0 bridgehead atoms. The third-order valence-electron chi connectivity index (χ3n) is 7.09. The van der Waals surface area contributed by atoms with Gasteiger partial charge in [0.1, 0.15) is 0 Å². The lowest BCUT2D eigenvalue weighted by molar-refractivity contribution is -0.134. The Balaban J connectivity index is 1.62. The minimum absolute atomic E-state index is 0.00602. The molecule has 2 aliphatic heterocycles. The summed E-state index contributed by atoms with van der Waals surface area (Å²) in [5.41, 5.74) is 4.52. The first-order valence-electron chi connectivity index (χ1n) is 12.6. The Kier molecular flexibility index (Phi) is 6.68.